The van der Waals surface area contributed by atoms with E-state index in [1.54, 1.807) is 0 Å². The molecule has 140 valence electrons. The van der Waals surface area contributed by atoms with Gasteiger partial charge in [0.05, 0.1) is 11.7 Å². The third-order valence-electron chi connectivity index (χ3n) is 5.06. The molecule has 0 saturated heterocycles. The third kappa shape index (κ3) is 3.95. The van der Waals surface area contributed by atoms with E-state index < -0.39 is 0 Å². The summed E-state index contributed by atoms with van der Waals surface area (Å²) in [5, 5.41) is 0.542. The lowest BCUT2D eigenvalue weighted by atomic mass is 9.89. The lowest BCUT2D eigenvalue weighted by Crippen LogP contribution is -2.30. The monoisotopic (exact) mass is 382 g/mol. The maximum Gasteiger partial charge on any atom is 0.326 e. The fourth-order valence-electron chi connectivity index (χ4n) is 3.66. The molecule has 3 aromatic rings. The summed E-state index contributed by atoms with van der Waals surface area (Å²) in [6.45, 7) is 2.09. The molecule has 1 aliphatic rings. The molecule has 27 heavy (non-hydrogen) atoms. The second-order valence-electron chi connectivity index (χ2n) is 7.26. The van der Waals surface area contributed by atoms with Crippen molar-refractivity contribution in [1.29, 1.82) is 0 Å². The van der Waals surface area contributed by atoms with Crippen LogP contribution in [0.4, 0.5) is 0 Å². The van der Waals surface area contributed by atoms with Crippen LogP contribution >= 0.6 is 11.3 Å². The molecule has 1 aromatic carbocycles. The van der Waals surface area contributed by atoms with Crippen LogP contribution in [0.25, 0.3) is 20.7 Å². The van der Waals surface area contributed by atoms with Crippen LogP contribution in [0.5, 0.6) is 0 Å². The Morgan fingerprint density at radius 3 is 2.89 bits per heavy atom. The maximum absolute atomic E-state index is 12.8. The first-order valence-corrected chi connectivity index (χ1v) is 10.2. The van der Waals surface area contributed by atoms with Gasteiger partial charge in [0.25, 0.3) is 5.56 Å². The van der Waals surface area contributed by atoms with Crippen LogP contribution in [0.15, 0.2) is 47.5 Å². The molecule has 6 heteroatoms. The van der Waals surface area contributed by atoms with E-state index in [1.807, 2.05) is 36.4 Å². The smallest absolute Gasteiger partial charge is 0.326 e. The Morgan fingerprint density at radius 1 is 1.30 bits per heavy atom. The highest BCUT2D eigenvalue weighted by atomic mass is 32.1. The van der Waals surface area contributed by atoms with Gasteiger partial charge in [0.1, 0.15) is 17.5 Å². The zero-order valence-corrected chi connectivity index (χ0v) is 16.1. The number of aromatic nitrogens is 2. The van der Waals surface area contributed by atoms with Crippen LogP contribution < -0.4 is 5.56 Å². The van der Waals surface area contributed by atoms with Crippen molar-refractivity contribution in [2.75, 3.05) is 0 Å². The highest BCUT2D eigenvalue weighted by Crippen LogP contribution is 2.30. The van der Waals surface area contributed by atoms with Crippen LogP contribution in [0.1, 0.15) is 32.6 Å². The topological polar surface area (TPSA) is 61.2 Å². The van der Waals surface area contributed by atoms with Gasteiger partial charge >= 0.3 is 5.97 Å². The average molecular weight is 382 g/mol. The summed E-state index contributed by atoms with van der Waals surface area (Å²) < 4.78 is 6.93. The predicted octanol–water partition coefficient (Wildman–Crippen LogP) is 4.25. The minimum absolute atomic E-state index is 0.0283. The molecule has 0 spiro atoms. The van der Waals surface area contributed by atoms with Crippen molar-refractivity contribution >= 4 is 27.5 Å². The van der Waals surface area contributed by atoms with Gasteiger partial charge < -0.3 is 4.74 Å². The summed E-state index contributed by atoms with van der Waals surface area (Å²) in [5.41, 5.74) is 0.852. The number of esters is 1. The molecular formula is C21H22N2O3S. The fraction of sp³-hybridized carbons (Fsp3) is 0.381. The van der Waals surface area contributed by atoms with Crippen molar-refractivity contribution in [3.63, 3.8) is 0 Å². The number of ether oxygens (including phenoxy) is 1. The van der Waals surface area contributed by atoms with Gasteiger partial charge in [-0.05, 0) is 36.8 Å². The highest BCUT2D eigenvalue weighted by Gasteiger charge is 2.22. The molecule has 1 aliphatic carbocycles. The Kier molecular flexibility index (Phi) is 5.07. The molecule has 0 amide bonds. The second-order valence-corrected chi connectivity index (χ2v) is 8.29. The molecule has 0 bridgehead atoms. The van der Waals surface area contributed by atoms with Crippen molar-refractivity contribution in [1.82, 2.24) is 9.55 Å². The summed E-state index contributed by atoms with van der Waals surface area (Å²) in [7, 11) is 0. The number of carbonyl (C=O) groups is 1. The van der Waals surface area contributed by atoms with Gasteiger partial charge in [0.2, 0.25) is 0 Å². The highest BCUT2D eigenvalue weighted by molar-refractivity contribution is 7.21. The molecule has 0 unspecified atom stereocenters. The van der Waals surface area contributed by atoms with E-state index in [0.717, 1.165) is 29.7 Å². The van der Waals surface area contributed by atoms with E-state index in [1.165, 1.54) is 28.7 Å². The largest absolute Gasteiger partial charge is 0.461 e. The molecule has 2 aromatic heterocycles. The quantitative estimate of drug-likeness (QED) is 0.633. The Balaban J connectivity index is 1.53. The summed E-state index contributed by atoms with van der Waals surface area (Å²) in [6.07, 6.45) is 5.51. The van der Waals surface area contributed by atoms with E-state index in [0.29, 0.717) is 16.1 Å². The van der Waals surface area contributed by atoms with Crippen molar-refractivity contribution < 1.29 is 9.53 Å². The van der Waals surface area contributed by atoms with Gasteiger partial charge in [-0.15, -0.1) is 11.3 Å². The van der Waals surface area contributed by atoms with E-state index in [4.69, 9.17) is 4.74 Å². The molecule has 4 rings (SSSR count). The van der Waals surface area contributed by atoms with E-state index in [2.05, 4.69) is 11.9 Å². The summed E-state index contributed by atoms with van der Waals surface area (Å²) >= 11 is 1.48. The van der Waals surface area contributed by atoms with Crippen LogP contribution in [-0.2, 0) is 16.1 Å². The standard InChI is InChI=1S/C21H22N2O3S/c1-14-6-5-9-16(10-14)26-19(24)12-23-13-22-20-17(21(23)25)11-18(27-20)15-7-3-2-4-8-15/h2-4,7-8,11,13-14,16H,5-6,9-10,12H2,1H3/t14-,16-/m0/s1. The lowest BCUT2D eigenvalue weighted by molar-refractivity contribution is -0.152. The van der Waals surface area contributed by atoms with Gasteiger partial charge in [-0.2, -0.15) is 0 Å². The first-order chi connectivity index (χ1) is 13.1. The van der Waals surface area contributed by atoms with Crippen LogP contribution in [-0.4, -0.2) is 21.6 Å². The Morgan fingerprint density at radius 2 is 2.11 bits per heavy atom. The van der Waals surface area contributed by atoms with Crippen molar-refractivity contribution in [3.8, 4) is 10.4 Å². The predicted molar refractivity (Wildman–Crippen MR) is 107 cm³/mol. The molecule has 2 heterocycles. The molecule has 1 fully saturated rings. The van der Waals surface area contributed by atoms with Crippen LogP contribution in [0.2, 0.25) is 0 Å². The van der Waals surface area contributed by atoms with E-state index >= 15 is 0 Å². The second kappa shape index (κ2) is 7.64. The van der Waals surface area contributed by atoms with Gasteiger partial charge in [-0.1, -0.05) is 43.7 Å². The van der Waals surface area contributed by atoms with Crippen molar-refractivity contribution in [2.24, 2.45) is 5.92 Å². The van der Waals surface area contributed by atoms with Crippen molar-refractivity contribution in [2.45, 2.75) is 45.3 Å². The Bertz CT molecular complexity index is 1010. The summed E-state index contributed by atoms with van der Waals surface area (Å²) in [6, 6.07) is 11.8. The summed E-state index contributed by atoms with van der Waals surface area (Å²) in [4.78, 5) is 31.1. The lowest BCUT2D eigenvalue weighted by Gasteiger charge is -2.26. The number of hydrogen-bond donors (Lipinski definition) is 0. The maximum atomic E-state index is 12.8. The number of hydrogen-bond acceptors (Lipinski definition) is 5. The zero-order valence-electron chi connectivity index (χ0n) is 15.3. The van der Waals surface area contributed by atoms with E-state index in [-0.39, 0.29) is 24.2 Å². The van der Waals surface area contributed by atoms with Gasteiger partial charge in [0, 0.05) is 4.88 Å². The average Bonchev–Trinajstić information content (AvgIpc) is 3.10. The number of nitrogens with zero attached hydrogens (tertiary/aromatic N) is 2. The molecular weight excluding hydrogens is 360 g/mol. The Labute approximate surface area is 161 Å². The van der Waals surface area contributed by atoms with Crippen LogP contribution in [0.3, 0.4) is 0 Å². The molecule has 0 N–H and O–H groups in total. The molecule has 2 atom stereocenters. The number of thiophene rings is 1. The summed E-state index contributed by atoms with van der Waals surface area (Å²) in [5.74, 6) is 0.218. The van der Waals surface area contributed by atoms with E-state index in [9.17, 15) is 9.59 Å². The first kappa shape index (κ1) is 17.9. The van der Waals surface area contributed by atoms with Gasteiger partial charge in [-0.25, -0.2) is 4.98 Å². The minimum Gasteiger partial charge on any atom is -0.461 e. The minimum atomic E-state index is -0.365. The molecule has 0 radical (unpaired) electrons. The number of rotatable bonds is 4. The Hall–Kier alpha value is -2.47. The molecule has 5 nitrogen and oxygen atoms in total. The zero-order chi connectivity index (χ0) is 18.8. The fourth-order valence-corrected chi connectivity index (χ4v) is 4.66. The van der Waals surface area contributed by atoms with Gasteiger partial charge in [0.15, 0.2) is 0 Å². The van der Waals surface area contributed by atoms with Gasteiger partial charge in [-0.3, -0.25) is 14.2 Å². The number of fused-ring (bicyclic) bond motifs is 1. The van der Waals surface area contributed by atoms with Crippen LogP contribution in [0, 0.1) is 5.92 Å². The normalized spacial score (nSPS) is 19.9. The molecule has 1 saturated carbocycles. The number of benzene rings is 1. The molecule has 0 aliphatic heterocycles. The third-order valence-corrected chi connectivity index (χ3v) is 6.15. The number of carbonyl (C=O) groups excluding carboxylic acids is 1. The van der Waals surface area contributed by atoms with Crippen molar-refractivity contribution in [3.05, 3.63) is 53.1 Å². The first-order valence-electron chi connectivity index (χ1n) is 9.34. The SMILES string of the molecule is C[C@H]1CCC[C@H](OC(=O)Cn2cnc3sc(-c4ccccc4)cc3c2=O)C1.